The Morgan fingerprint density at radius 1 is 0.975 bits per heavy atom. The number of benzene rings is 3. The lowest BCUT2D eigenvalue weighted by Crippen LogP contribution is -2.28. The Hall–Kier alpha value is -4.80. The summed E-state index contributed by atoms with van der Waals surface area (Å²) in [6, 6.07) is 20.6. The largest absolute Gasteiger partial charge is 0.454 e. The SMILES string of the molecule is CCCCc1cn(-c2ccccc2C(=O)C(F)(F)F)c(=O)n1Cc1ccc(-c2ccccc2)c(-c2nn[nH]n2)c1. The summed E-state index contributed by atoms with van der Waals surface area (Å²) >= 11 is 0. The number of halogens is 3. The van der Waals surface area contributed by atoms with Crippen molar-refractivity contribution in [3.63, 3.8) is 0 Å². The van der Waals surface area contributed by atoms with E-state index in [0.717, 1.165) is 40.2 Å². The first-order valence-electron chi connectivity index (χ1n) is 12.7. The molecule has 0 radical (unpaired) electrons. The number of hydrogen-bond acceptors (Lipinski definition) is 5. The fourth-order valence-electron chi connectivity index (χ4n) is 4.66. The van der Waals surface area contributed by atoms with E-state index >= 15 is 0 Å². The van der Waals surface area contributed by atoms with Crippen LogP contribution in [0.4, 0.5) is 13.2 Å². The lowest BCUT2D eigenvalue weighted by molar-refractivity contribution is -0.0885. The first-order valence-corrected chi connectivity index (χ1v) is 12.7. The van der Waals surface area contributed by atoms with Crippen LogP contribution in [0.3, 0.4) is 0 Å². The summed E-state index contributed by atoms with van der Waals surface area (Å²) in [5, 5.41) is 14.4. The number of aromatic amines is 1. The molecular weight excluding hydrogens is 521 g/mol. The molecule has 5 rings (SSSR count). The van der Waals surface area contributed by atoms with E-state index in [-0.39, 0.29) is 12.2 Å². The van der Waals surface area contributed by atoms with Crippen LogP contribution in [0, 0.1) is 0 Å². The Bertz CT molecular complexity index is 1690. The second kappa shape index (κ2) is 11.1. The zero-order chi connectivity index (χ0) is 28.3. The zero-order valence-electron chi connectivity index (χ0n) is 21.5. The van der Waals surface area contributed by atoms with Gasteiger partial charge in [0.2, 0.25) is 5.82 Å². The maximum absolute atomic E-state index is 13.7. The summed E-state index contributed by atoms with van der Waals surface area (Å²) in [6.07, 6.45) is -1.38. The number of unbranched alkanes of at least 4 members (excludes halogenated alkanes) is 1. The van der Waals surface area contributed by atoms with E-state index in [4.69, 9.17) is 0 Å². The van der Waals surface area contributed by atoms with Crippen LogP contribution in [0.1, 0.15) is 41.4 Å². The summed E-state index contributed by atoms with van der Waals surface area (Å²) in [4.78, 5) is 25.8. The summed E-state index contributed by atoms with van der Waals surface area (Å²) in [6.45, 7) is 2.16. The first-order chi connectivity index (χ1) is 19.3. The summed E-state index contributed by atoms with van der Waals surface area (Å²) in [7, 11) is 0. The number of hydrogen-bond donors (Lipinski definition) is 1. The number of rotatable bonds is 9. The number of alkyl halides is 3. The van der Waals surface area contributed by atoms with Crippen LogP contribution in [-0.2, 0) is 13.0 Å². The molecule has 0 fully saturated rings. The van der Waals surface area contributed by atoms with Gasteiger partial charge in [-0.25, -0.2) is 4.79 Å². The standard InChI is InChI=1S/C29H25F3N6O2/c1-2-3-11-21-18-38(25-13-8-7-12-23(25)26(39)29(30,31)32)28(40)37(21)17-19-14-15-22(20-9-5-4-6-10-20)24(16-19)27-33-35-36-34-27/h4-10,12-16,18H,2-3,11,17H2,1H3,(H,33,34,35,36). The number of aryl methyl sites for hydroxylation is 1. The minimum atomic E-state index is -5.07. The van der Waals surface area contributed by atoms with E-state index in [1.807, 2.05) is 55.5 Å². The van der Waals surface area contributed by atoms with Gasteiger partial charge in [-0.2, -0.15) is 18.4 Å². The molecule has 2 heterocycles. The molecule has 0 aliphatic carbocycles. The van der Waals surface area contributed by atoms with Gasteiger partial charge in [0, 0.05) is 17.5 Å². The molecule has 0 unspecified atom stereocenters. The van der Waals surface area contributed by atoms with Crippen molar-refractivity contribution in [2.45, 2.75) is 38.9 Å². The molecule has 5 aromatic rings. The average Bonchev–Trinajstić information content (AvgIpc) is 3.60. The minimum Gasteiger partial charge on any atom is -0.292 e. The smallest absolute Gasteiger partial charge is 0.292 e. The van der Waals surface area contributed by atoms with Crippen LogP contribution in [0.15, 0.2) is 83.8 Å². The Balaban J connectivity index is 1.60. The highest BCUT2D eigenvalue weighted by atomic mass is 19.4. The maximum Gasteiger partial charge on any atom is 0.454 e. The number of ketones is 1. The number of nitrogens with zero attached hydrogens (tertiary/aromatic N) is 5. The van der Waals surface area contributed by atoms with Gasteiger partial charge >= 0.3 is 11.9 Å². The number of tetrazole rings is 1. The second-order valence-electron chi connectivity index (χ2n) is 9.29. The third-order valence-corrected chi connectivity index (χ3v) is 6.61. The average molecular weight is 547 g/mol. The Morgan fingerprint density at radius 2 is 1.73 bits per heavy atom. The van der Waals surface area contributed by atoms with Crippen molar-refractivity contribution in [2.24, 2.45) is 0 Å². The van der Waals surface area contributed by atoms with Crippen molar-refractivity contribution in [2.75, 3.05) is 0 Å². The number of aromatic nitrogens is 6. The predicted molar refractivity (Wildman–Crippen MR) is 143 cm³/mol. The zero-order valence-corrected chi connectivity index (χ0v) is 21.5. The van der Waals surface area contributed by atoms with Gasteiger partial charge in [0.25, 0.3) is 5.78 Å². The Morgan fingerprint density at radius 3 is 2.42 bits per heavy atom. The molecule has 0 atom stereocenters. The number of nitrogens with one attached hydrogen (secondary N) is 1. The topological polar surface area (TPSA) is 98.5 Å². The second-order valence-corrected chi connectivity index (χ2v) is 9.29. The molecular formula is C29H25F3N6O2. The van der Waals surface area contributed by atoms with Crippen LogP contribution in [-0.4, -0.2) is 41.7 Å². The van der Waals surface area contributed by atoms with Crippen LogP contribution < -0.4 is 5.69 Å². The normalized spacial score (nSPS) is 11.6. The van der Waals surface area contributed by atoms with Gasteiger partial charge < -0.3 is 0 Å². The number of para-hydroxylation sites is 1. The lowest BCUT2D eigenvalue weighted by Gasteiger charge is -2.12. The first kappa shape index (κ1) is 26.8. The molecule has 11 heteroatoms. The molecule has 0 aliphatic heterocycles. The van der Waals surface area contributed by atoms with Crippen LogP contribution in [0.25, 0.3) is 28.2 Å². The van der Waals surface area contributed by atoms with E-state index < -0.39 is 23.2 Å². The van der Waals surface area contributed by atoms with Crippen molar-refractivity contribution in [1.29, 1.82) is 0 Å². The van der Waals surface area contributed by atoms with Gasteiger partial charge in [0.15, 0.2) is 0 Å². The van der Waals surface area contributed by atoms with Crippen molar-refractivity contribution >= 4 is 5.78 Å². The summed E-state index contributed by atoms with van der Waals surface area (Å²) in [5.74, 6) is -1.62. The molecule has 204 valence electrons. The van der Waals surface area contributed by atoms with E-state index in [9.17, 15) is 22.8 Å². The van der Waals surface area contributed by atoms with Crippen molar-refractivity contribution in [1.82, 2.24) is 29.8 Å². The number of imidazole rings is 1. The quantitative estimate of drug-likeness (QED) is 0.242. The molecule has 3 aromatic carbocycles. The van der Waals surface area contributed by atoms with Gasteiger partial charge in [-0.3, -0.25) is 13.9 Å². The van der Waals surface area contributed by atoms with Gasteiger partial charge in [0.05, 0.1) is 17.8 Å². The van der Waals surface area contributed by atoms with Crippen LogP contribution in [0.2, 0.25) is 0 Å². The van der Waals surface area contributed by atoms with Gasteiger partial charge in [-0.15, -0.1) is 10.2 Å². The fraction of sp³-hybridized carbons (Fsp3) is 0.207. The van der Waals surface area contributed by atoms with Crippen molar-refractivity contribution < 1.29 is 18.0 Å². The molecule has 40 heavy (non-hydrogen) atoms. The Labute approximate surface area is 227 Å². The molecule has 8 nitrogen and oxygen atoms in total. The van der Waals surface area contributed by atoms with E-state index in [2.05, 4.69) is 20.6 Å². The molecule has 0 saturated carbocycles. The highest BCUT2D eigenvalue weighted by molar-refractivity contribution is 6.03. The highest BCUT2D eigenvalue weighted by Crippen LogP contribution is 2.31. The van der Waals surface area contributed by atoms with Crippen molar-refractivity contribution in [3.05, 3.63) is 106 Å². The number of Topliss-reactive ketones (excluding diaryl/α,β-unsaturated/α-hetero) is 1. The summed E-state index contributed by atoms with van der Waals surface area (Å²) < 4.78 is 42.6. The molecule has 0 amide bonds. The summed E-state index contributed by atoms with van der Waals surface area (Å²) in [5.41, 5.74) is 2.71. The van der Waals surface area contributed by atoms with Gasteiger partial charge in [0.1, 0.15) is 0 Å². The highest BCUT2D eigenvalue weighted by Gasteiger charge is 2.40. The number of carbonyl (C=O) groups excluding carboxylic acids is 1. The molecule has 1 N–H and O–H groups in total. The van der Waals surface area contributed by atoms with Crippen LogP contribution in [0.5, 0.6) is 0 Å². The fourth-order valence-corrected chi connectivity index (χ4v) is 4.66. The van der Waals surface area contributed by atoms with Crippen LogP contribution >= 0.6 is 0 Å². The number of carbonyl (C=O) groups is 1. The third kappa shape index (κ3) is 5.35. The predicted octanol–water partition coefficient (Wildman–Crippen LogP) is 5.62. The molecule has 0 saturated heterocycles. The molecule has 0 bridgehead atoms. The third-order valence-electron chi connectivity index (χ3n) is 6.61. The minimum absolute atomic E-state index is 0.113. The molecule has 2 aromatic heterocycles. The lowest BCUT2D eigenvalue weighted by atomic mass is 9.97. The maximum atomic E-state index is 13.7. The van der Waals surface area contributed by atoms with E-state index in [0.29, 0.717) is 23.5 Å². The Kier molecular flexibility index (Phi) is 7.45. The van der Waals surface area contributed by atoms with E-state index in [1.54, 1.807) is 0 Å². The van der Waals surface area contributed by atoms with E-state index in [1.165, 1.54) is 29.0 Å². The van der Waals surface area contributed by atoms with Gasteiger partial charge in [-0.05, 0) is 52.9 Å². The number of H-pyrrole nitrogens is 1. The monoisotopic (exact) mass is 546 g/mol. The molecule has 0 spiro atoms. The molecule has 0 aliphatic rings. The van der Waals surface area contributed by atoms with Gasteiger partial charge in [-0.1, -0.05) is 67.9 Å². The van der Waals surface area contributed by atoms with Crippen molar-refractivity contribution in [3.8, 4) is 28.2 Å².